The van der Waals surface area contributed by atoms with E-state index >= 15 is 0 Å². The summed E-state index contributed by atoms with van der Waals surface area (Å²) < 4.78 is 31.6. The summed E-state index contributed by atoms with van der Waals surface area (Å²) in [6.07, 6.45) is 13.9. The van der Waals surface area contributed by atoms with Crippen LogP contribution in [0, 0.1) is 6.92 Å². The topological polar surface area (TPSA) is 74.6 Å². The van der Waals surface area contributed by atoms with Gasteiger partial charge in [-0.3, -0.25) is 9.11 Å². The van der Waals surface area contributed by atoms with Gasteiger partial charge in [-0.05, 0) is 0 Å². The second kappa shape index (κ2) is 22.8. The third kappa shape index (κ3) is 53.0. The third-order valence-corrected chi connectivity index (χ3v) is 2.35. The van der Waals surface area contributed by atoms with E-state index < -0.39 is 10.4 Å². The summed E-state index contributed by atoms with van der Waals surface area (Å²) in [7, 11) is -4.67. The van der Waals surface area contributed by atoms with Crippen molar-refractivity contribution in [2.24, 2.45) is 0 Å². The minimum absolute atomic E-state index is 0. The molecular formula is C12H28KNaO4S. The molecule has 0 aromatic heterocycles. The minimum Gasteiger partial charge on any atom is -1.00 e. The van der Waals surface area contributed by atoms with Gasteiger partial charge in [-0.2, -0.15) is 14.8 Å². The first-order chi connectivity index (χ1) is 7.91. The molecule has 0 aliphatic carbocycles. The number of unbranched alkanes of at least 4 members (excludes halogenated alkanes) is 9. The maximum atomic E-state index is 8.74. The van der Waals surface area contributed by atoms with E-state index in [1.54, 1.807) is 0 Å². The molecule has 0 aliphatic heterocycles. The summed E-state index contributed by atoms with van der Waals surface area (Å²) in [6, 6.07) is 0. The zero-order chi connectivity index (χ0) is 13.6. The standard InChI is InChI=1S/C12H25.K.Na.H2O4S.H/c1-3-5-7-9-11-12-10-8-6-4-2;;;1-5(2,3)4;/h1,3-12H2,2H3;;;(H2,1,2,3,4);/q-1;2*+1;;-1. The van der Waals surface area contributed by atoms with Crippen molar-refractivity contribution in [2.45, 2.75) is 71.1 Å². The first-order valence-corrected chi connectivity index (χ1v) is 7.80. The Morgan fingerprint density at radius 1 is 0.895 bits per heavy atom. The molecule has 0 rings (SSSR count). The zero-order valence-electron chi connectivity index (χ0n) is 13.9. The fourth-order valence-electron chi connectivity index (χ4n) is 1.49. The van der Waals surface area contributed by atoms with E-state index in [9.17, 15) is 0 Å². The van der Waals surface area contributed by atoms with Gasteiger partial charge in [0.2, 0.25) is 0 Å². The Bertz CT molecular complexity index is 224. The summed E-state index contributed by atoms with van der Waals surface area (Å²) in [5.74, 6) is 0. The van der Waals surface area contributed by atoms with Crippen LogP contribution >= 0.6 is 0 Å². The second-order valence-corrected chi connectivity index (χ2v) is 5.03. The van der Waals surface area contributed by atoms with Crippen LogP contribution in [0.2, 0.25) is 0 Å². The van der Waals surface area contributed by atoms with Gasteiger partial charge in [-0.25, -0.2) is 0 Å². The number of hydrogen-bond donors (Lipinski definition) is 2. The Hall–Kier alpha value is 2.51. The fraction of sp³-hybridized carbons (Fsp3) is 0.917. The minimum atomic E-state index is -4.67. The van der Waals surface area contributed by atoms with Crippen LogP contribution in [0.4, 0.5) is 0 Å². The van der Waals surface area contributed by atoms with Crippen molar-refractivity contribution in [3.63, 3.8) is 0 Å². The summed E-state index contributed by atoms with van der Waals surface area (Å²) in [4.78, 5) is 0. The smallest absolute Gasteiger partial charge is 1.00 e. The van der Waals surface area contributed by atoms with Crippen molar-refractivity contribution < 1.29 is 99.9 Å². The molecule has 0 heterocycles. The van der Waals surface area contributed by atoms with Crippen molar-refractivity contribution in [2.75, 3.05) is 0 Å². The zero-order valence-corrected chi connectivity index (χ0v) is 18.8. The van der Waals surface area contributed by atoms with Crippen molar-refractivity contribution in [1.29, 1.82) is 0 Å². The second-order valence-electron chi connectivity index (χ2n) is 4.13. The van der Waals surface area contributed by atoms with E-state index in [1.807, 2.05) is 0 Å². The molecule has 0 fully saturated rings. The third-order valence-electron chi connectivity index (χ3n) is 2.35. The maximum absolute atomic E-state index is 8.74. The van der Waals surface area contributed by atoms with Crippen LogP contribution in [0.25, 0.3) is 0 Å². The molecule has 0 saturated heterocycles. The van der Waals surface area contributed by atoms with Crippen LogP contribution in [0.3, 0.4) is 0 Å². The Morgan fingerprint density at radius 3 is 1.42 bits per heavy atom. The fourth-order valence-corrected chi connectivity index (χ4v) is 1.49. The molecule has 0 radical (unpaired) electrons. The molecule has 108 valence electrons. The van der Waals surface area contributed by atoms with Crippen molar-refractivity contribution >= 4 is 10.4 Å². The van der Waals surface area contributed by atoms with Gasteiger partial charge in [0, 0.05) is 0 Å². The van der Waals surface area contributed by atoms with Gasteiger partial charge in [0.25, 0.3) is 0 Å². The first-order valence-electron chi connectivity index (χ1n) is 6.41. The molecule has 0 bridgehead atoms. The van der Waals surface area contributed by atoms with E-state index in [1.165, 1.54) is 57.8 Å². The van der Waals surface area contributed by atoms with Crippen LogP contribution in [-0.2, 0) is 10.4 Å². The van der Waals surface area contributed by atoms with E-state index in [0.29, 0.717) is 0 Å². The molecule has 7 heteroatoms. The Kier molecular flexibility index (Phi) is 35.4. The summed E-state index contributed by atoms with van der Waals surface area (Å²) in [5, 5.41) is 0. The predicted octanol–water partition coefficient (Wildman–Crippen LogP) is -1.79. The average molecular weight is 331 g/mol. The van der Waals surface area contributed by atoms with Gasteiger partial charge in [0.05, 0.1) is 0 Å². The molecule has 0 amide bonds. The quantitative estimate of drug-likeness (QED) is 0.227. The molecule has 0 aliphatic rings. The van der Waals surface area contributed by atoms with Gasteiger partial charge >= 0.3 is 91.3 Å². The molecule has 0 atom stereocenters. The van der Waals surface area contributed by atoms with Crippen molar-refractivity contribution in [3.05, 3.63) is 6.92 Å². The molecule has 0 aromatic rings. The molecular weight excluding hydrogens is 302 g/mol. The molecule has 0 unspecified atom stereocenters. The van der Waals surface area contributed by atoms with Crippen LogP contribution in [0.1, 0.15) is 72.6 Å². The normalized spacial score (nSPS) is 9.68. The molecule has 2 N–H and O–H groups in total. The van der Waals surface area contributed by atoms with Gasteiger partial charge in [-0.15, -0.1) is 0 Å². The predicted molar refractivity (Wildman–Crippen MR) is 72.5 cm³/mol. The van der Waals surface area contributed by atoms with Crippen LogP contribution in [-0.4, -0.2) is 17.5 Å². The number of rotatable bonds is 9. The monoisotopic (exact) mass is 330 g/mol. The van der Waals surface area contributed by atoms with Crippen LogP contribution in [0.5, 0.6) is 0 Å². The van der Waals surface area contributed by atoms with E-state index in [4.69, 9.17) is 17.5 Å². The number of hydrogen-bond acceptors (Lipinski definition) is 2. The van der Waals surface area contributed by atoms with Gasteiger partial charge < -0.3 is 8.35 Å². The van der Waals surface area contributed by atoms with Crippen molar-refractivity contribution in [3.8, 4) is 0 Å². The van der Waals surface area contributed by atoms with Gasteiger partial charge in [0.1, 0.15) is 0 Å². The van der Waals surface area contributed by atoms with Crippen LogP contribution < -0.4 is 80.9 Å². The molecule has 0 spiro atoms. The summed E-state index contributed by atoms with van der Waals surface area (Å²) >= 11 is 0. The van der Waals surface area contributed by atoms with E-state index in [0.717, 1.165) is 6.42 Å². The van der Waals surface area contributed by atoms with Gasteiger partial charge in [-0.1, -0.05) is 64.7 Å². The largest absolute Gasteiger partial charge is 1.00 e. The maximum Gasteiger partial charge on any atom is 1.00 e. The van der Waals surface area contributed by atoms with Gasteiger partial charge in [0.15, 0.2) is 0 Å². The van der Waals surface area contributed by atoms with Crippen LogP contribution in [0.15, 0.2) is 0 Å². The average Bonchev–Trinajstić information content (AvgIpc) is 2.20. The molecule has 0 aromatic carbocycles. The molecule has 4 nitrogen and oxygen atoms in total. The van der Waals surface area contributed by atoms with E-state index in [2.05, 4.69) is 13.8 Å². The Balaban J connectivity index is -0.0000000821. The Labute approximate surface area is 185 Å². The molecule has 0 saturated carbocycles. The van der Waals surface area contributed by atoms with E-state index in [-0.39, 0.29) is 82.4 Å². The Morgan fingerprint density at radius 2 is 1.16 bits per heavy atom. The summed E-state index contributed by atoms with van der Waals surface area (Å²) in [6.45, 7) is 6.12. The first kappa shape index (κ1) is 29.5. The SMILES string of the molecule is O=S(=O)(O)O.[CH2-]CCCCCCCCCCC.[H-].[K+].[Na+]. The van der Waals surface area contributed by atoms with Crippen molar-refractivity contribution in [1.82, 2.24) is 0 Å². The summed E-state index contributed by atoms with van der Waals surface area (Å²) in [5.41, 5.74) is 0. The molecule has 19 heavy (non-hydrogen) atoms.